The van der Waals surface area contributed by atoms with Gasteiger partial charge in [-0.25, -0.2) is 8.42 Å². The highest BCUT2D eigenvalue weighted by Gasteiger charge is 2.16. The molecule has 1 heterocycles. The molecule has 5 nitrogen and oxygen atoms in total. The third kappa shape index (κ3) is 2.75. The molecular weight excluding hydrogens is 286 g/mol. The number of hydrogen-bond acceptors (Lipinski definition) is 3. The number of nitrogens with zero attached hydrogens (tertiary/aromatic N) is 2. The number of benzene rings is 2. The number of fused-ring (bicyclic) bond motifs is 1. The van der Waals surface area contributed by atoms with Gasteiger partial charge in [-0.15, -0.1) is 0 Å². The second kappa shape index (κ2) is 5.21. The molecule has 0 unspecified atom stereocenters. The van der Waals surface area contributed by atoms with Crippen LogP contribution in [0.2, 0.25) is 0 Å². The Labute approximate surface area is 123 Å². The van der Waals surface area contributed by atoms with Crippen LogP contribution in [-0.2, 0) is 16.6 Å². The Kier molecular flexibility index (Phi) is 3.39. The quantitative estimate of drug-likeness (QED) is 0.806. The van der Waals surface area contributed by atoms with Crippen molar-refractivity contribution in [2.24, 2.45) is 0 Å². The van der Waals surface area contributed by atoms with Crippen molar-refractivity contribution >= 4 is 26.5 Å². The lowest BCUT2D eigenvalue weighted by Gasteiger charge is -2.07. The molecule has 0 aliphatic heterocycles. The maximum absolute atomic E-state index is 12.3. The molecule has 2 aromatic carbocycles. The maximum Gasteiger partial charge on any atom is 0.265 e. The standard InChI is InChI=1S/C15H15N3O2S/c1-2-18-11-15(10-16-18)21(19,20)17-14-8-7-12-5-3-4-6-13(12)9-14/h3-11,17H,2H2,1H3. The predicted octanol–water partition coefficient (Wildman–Crippen LogP) is 2.86. The van der Waals surface area contributed by atoms with Crippen molar-refractivity contribution < 1.29 is 8.42 Å². The highest BCUT2D eigenvalue weighted by molar-refractivity contribution is 7.92. The first-order valence-electron chi connectivity index (χ1n) is 6.62. The van der Waals surface area contributed by atoms with Gasteiger partial charge >= 0.3 is 0 Å². The Morgan fingerprint density at radius 2 is 1.90 bits per heavy atom. The van der Waals surface area contributed by atoms with Crippen LogP contribution in [0.3, 0.4) is 0 Å². The highest BCUT2D eigenvalue weighted by Crippen LogP contribution is 2.21. The number of aryl methyl sites for hydroxylation is 1. The molecule has 21 heavy (non-hydrogen) atoms. The summed E-state index contributed by atoms with van der Waals surface area (Å²) in [6.07, 6.45) is 2.87. The molecule has 0 radical (unpaired) electrons. The lowest BCUT2D eigenvalue weighted by Crippen LogP contribution is -2.12. The average molecular weight is 301 g/mol. The summed E-state index contributed by atoms with van der Waals surface area (Å²) < 4.78 is 28.8. The monoisotopic (exact) mass is 301 g/mol. The molecule has 0 aliphatic carbocycles. The predicted molar refractivity (Wildman–Crippen MR) is 82.7 cm³/mol. The van der Waals surface area contributed by atoms with Crippen molar-refractivity contribution in [3.8, 4) is 0 Å². The van der Waals surface area contributed by atoms with Crippen molar-refractivity contribution in [1.82, 2.24) is 9.78 Å². The molecular formula is C15H15N3O2S. The smallest absolute Gasteiger partial charge is 0.265 e. The fourth-order valence-corrected chi connectivity index (χ4v) is 3.12. The molecule has 1 aromatic heterocycles. The van der Waals surface area contributed by atoms with Gasteiger partial charge in [-0.1, -0.05) is 30.3 Å². The molecule has 0 saturated heterocycles. The molecule has 0 atom stereocenters. The number of anilines is 1. The molecule has 0 saturated carbocycles. The molecule has 0 spiro atoms. The van der Waals surface area contributed by atoms with E-state index < -0.39 is 10.0 Å². The van der Waals surface area contributed by atoms with Crippen molar-refractivity contribution in [2.45, 2.75) is 18.4 Å². The first-order chi connectivity index (χ1) is 10.1. The van der Waals surface area contributed by atoms with Gasteiger partial charge in [0, 0.05) is 18.4 Å². The van der Waals surface area contributed by atoms with E-state index in [0.717, 1.165) is 10.8 Å². The van der Waals surface area contributed by atoms with Gasteiger partial charge in [0.1, 0.15) is 4.90 Å². The minimum atomic E-state index is -3.60. The topological polar surface area (TPSA) is 64.0 Å². The number of rotatable bonds is 4. The van der Waals surface area contributed by atoms with E-state index in [1.165, 1.54) is 12.4 Å². The third-order valence-corrected chi connectivity index (χ3v) is 4.58. The summed E-state index contributed by atoms with van der Waals surface area (Å²) in [5.41, 5.74) is 0.540. The summed E-state index contributed by atoms with van der Waals surface area (Å²) >= 11 is 0. The normalized spacial score (nSPS) is 11.7. The van der Waals surface area contributed by atoms with Crippen LogP contribution in [0.5, 0.6) is 0 Å². The fourth-order valence-electron chi connectivity index (χ4n) is 2.12. The minimum absolute atomic E-state index is 0.164. The maximum atomic E-state index is 12.3. The van der Waals surface area contributed by atoms with E-state index in [1.54, 1.807) is 10.7 Å². The summed E-state index contributed by atoms with van der Waals surface area (Å²) in [6.45, 7) is 2.53. The zero-order valence-electron chi connectivity index (χ0n) is 11.5. The zero-order valence-corrected chi connectivity index (χ0v) is 12.3. The second-order valence-corrected chi connectivity index (χ2v) is 6.38. The van der Waals surface area contributed by atoms with E-state index in [4.69, 9.17) is 0 Å². The van der Waals surface area contributed by atoms with Gasteiger partial charge in [0.2, 0.25) is 0 Å². The first-order valence-corrected chi connectivity index (χ1v) is 8.11. The highest BCUT2D eigenvalue weighted by atomic mass is 32.2. The van der Waals surface area contributed by atoms with Gasteiger partial charge in [0.15, 0.2) is 0 Å². The third-order valence-electron chi connectivity index (χ3n) is 3.25. The molecule has 0 fully saturated rings. The molecule has 0 bridgehead atoms. The Hall–Kier alpha value is -2.34. The van der Waals surface area contributed by atoms with Gasteiger partial charge in [-0.2, -0.15) is 5.10 Å². The van der Waals surface area contributed by atoms with Crippen molar-refractivity contribution in [1.29, 1.82) is 0 Å². The minimum Gasteiger partial charge on any atom is -0.280 e. The SMILES string of the molecule is CCn1cc(S(=O)(=O)Nc2ccc3ccccc3c2)cn1. The second-order valence-electron chi connectivity index (χ2n) is 4.70. The van der Waals surface area contributed by atoms with Crippen LogP contribution in [0.4, 0.5) is 5.69 Å². The van der Waals surface area contributed by atoms with E-state index in [2.05, 4.69) is 9.82 Å². The van der Waals surface area contributed by atoms with E-state index in [-0.39, 0.29) is 4.90 Å². The van der Waals surface area contributed by atoms with Crippen LogP contribution >= 0.6 is 0 Å². The lowest BCUT2D eigenvalue weighted by atomic mass is 10.1. The van der Waals surface area contributed by atoms with Crippen LogP contribution in [-0.4, -0.2) is 18.2 Å². The summed E-state index contributed by atoms with van der Waals surface area (Å²) in [4.78, 5) is 0.164. The van der Waals surface area contributed by atoms with Crippen LogP contribution in [0.1, 0.15) is 6.92 Å². The van der Waals surface area contributed by atoms with E-state index in [9.17, 15) is 8.42 Å². The molecule has 1 N–H and O–H groups in total. The number of sulfonamides is 1. The Bertz CT molecular complexity index is 885. The number of aromatic nitrogens is 2. The van der Waals surface area contributed by atoms with Crippen molar-refractivity contribution in [3.05, 3.63) is 54.9 Å². The number of hydrogen-bond donors (Lipinski definition) is 1. The van der Waals surface area contributed by atoms with Crippen molar-refractivity contribution in [3.63, 3.8) is 0 Å². The largest absolute Gasteiger partial charge is 0.280 e. The van der Waals surface area contributed by atoms with Gasteiger partial charge in [-0.05, 0) is 29.8 Å². The average Bonchev–Trinajstić information content (AvgIpc) is 2.96. The van der Waals surface area contributed by atoms with Gasteiger partial charge in [0.05, 0.1) is 6.20 Å². The van der Waals surface area contributed by atoms with E-state index in [1.807, 2.05) is 43.3 Å². The molecule has 3 aromatic rings. The Morgan fingerprint density at radius 3 is 2.62 bits per heavy atom. The summed E-state index contributed by atoms with van der Waals surface area (Å²) in [5.74, 6) is 0. The van der Waals surface area contributed by atoms with E-state index >= 15 is 0 Å². The fraction of sp³-hybridized carbons (Fsp3) is 0.133. The molecule has 0 aliphatic rings. The van der Waals surface area contributed by atoms with Gasteiger partial charge < -0.3 is 0 Å². The molecule has 108 valence electrons. The zero-order chi connectivity index (χ0) is 14.9. The molecule has 6 heteroatoms. The first kappa shape index (κ1) is 13.6. The summed E-state index contributed by atoms with van der Waals surface area (Å²) in [7, 11) is -3.60. The Balaban J connectivity index is 1.93. The van der Waals surface area contributed by atoms with E-state index in [0.29, 0.717) is 12.2 Å². The van der Waals surface area contributed by atoms with Gasteiger partial charge in [-0.3, -0.25) is 9.40 Å². The van der Waals surface area contributed by atoms with Crippen molar-refractivity contribution in [2.75, 3.05) is 4.72 Å². The van der Waals surface area contributed by atoms with Crippen LogP contribution in [0.25, 0.3) is 10.8 Å². The summed E-state index contributed by atoms with van der Waals surface area (Å²) in [6, 6.07) is 13.3. The number of nitrogens with one attached hydrogen (secondary N) is 1. The Morgan fingerprint density at radius 1 is 1.14 bits per heavy atom. The molecule has 3 rings (SSSR count). The van der Waals surface area contributed by atoms with Gasteiger partial charge in [0.25, 0.3) is 10.0 Å². The summed E-state index contributed by atoms with van der Waals surface area (Å²) in [5, 5.41) is 6.05. The van der Waals surface area contributed by atoms with Crippen LogP contribution < -0.4 is 4.72 Å². The molecule has 0 amide bonds. The van der Waals surface area contributed by atoms with Crippen LogP contribution in [0, 0.1) is 0 Å². The lowest BCUT2D eigenvalue weighted by molar-refractivity contribution is 0.600. The van der Waals surface area contributed by atoms with Crippen LogP contribution in [0.15, 0.2) is 59.8 Å².